The predicted molar refractivity (Wildman–Crippen MR) is 55.7 cm³/mol. The van der Waals surface area contributed by atoms with Crippen molar-refractivity contribution in [3.63, 3.8) is 0 Å². The third-order valence-corrected chi connectivity index (χ3v) is 2.08. The van der Waals surface area contributed by atoms with E-state index in [1.807, 2.05) is 30.3 Å². The van der Waals surface area contributed by atoms with Crippen LogP contribution in [-0.4, -0.2) is 16.4 Å². The van der Waals surface area contributed by atoms with E-state index >= 15 is 0 Å². The molecule has 70 valence electrons. The zero-order valence-electron chi connectivity index (χ0n) is 7.59. The molecule has 0 aliphatic rings. The van der Waals surface area contributed by atoms with Crippen LogP contribution in [0.15, 0.2) is 41.7 Å². The van der Waals surface area contributed by atoms with E-state index in [-0.39, 0.29) is 0 Å². The first kappa shape index (κ1) is 8.69. The van der Waals surface area contributed by atoms with Gasteiger partial charge in [0.05, 0.1) is 5.52 Å². The maximum Gasteiger partial charge on any atom is 0.0702 e. The van der Waals surface area contributed by atoms with Crippen LogP contribution in [0.5, 0.6) is 0 Å². The molecular formula is C11H10N2O. The molecule has 3 heteroatoms. The molecule has 2 aromatic rings. The first-order chi connectivity index (χ1) is 6.90. The standard InChI is InChI=1S/C11H10N2O/c14-13-7-5-9-3-4-11-10(8-9)2-1-6-12-11/h1-4,6-8,14H,5H2/b13-7+. The minimum atomic E-state index is 0.640. The largest absolute Gasteiger partial charge is 0.411 e. The Bertz CT molecular complexity index is 466. The highest BCUT2D eigenvalue weighted by Crippen LogP contribution is 2.13. The van der Waals surface area contributed by atoms with Crippen molar-refractivity contribution >= 4 is 17.1 Å². The number of benzene rings is 1. The quantitative estimate of drug-likeness (QED) is 0.444. The number of rotatable bonds is 2. The summed E-state index contributed by atoms with van der Waals surface area (Å²) >= 11 is 0. The molecule has 0 radical (unpaired) electrons. The van der Waals surface area contributed by atoms with Gasteiger partial charge in [0, 0.05) is 24.2 Å². The lowest BCUT2D eigenvalue weighted by Crippen LogP contribution is -1.86. The molecule has 1 aromatic carbocycles. The van der Waals surface area contributed by atoms with E-state index < -0.39 is 0 Å². The summed E-state index contributed by atoms with van der Waals surface area (Å²) in [6.07, 6.45) is 3.88. The second-order valence-corrected chi connectivity index (χ2v) is 3.03. The van der Waals surface area contributed by atoms with E-state index in [2.05, 4.69) is 10.1 Å². The lowest BCUT2D eigenvalue weighted by molar-refractivity contribution is 0.321. The normalized spacial score (nSPS) is 11.1. The van der Waals surface area contributed by atoms with Gasteiger partial charge in [-0.3, -0.25) is 4.98 Å². The van der Waals surface area contributed by atoms with E-state index in [0.29, 0.717) is 6.42 Å². The van der Waals surface area contributed by atoms with Crippen molar-refractivity contribution in [2.45, 2.75) is 6.42 Å². The summed E-state index contributed by atoms with van der Waals surface area (Å²) in [6, 6.07) is 9.92. The van der Waals surface area contributed by atoms with Gasteiger partial charge in [0.2, 0.25) is 0 Å². The van der Waals surface area contributed by atoms with Crippen molar-refractivity contribution in [2.75, 3.05) is 0 Å². The van der Waals surface area contributed by atoms with Gasteiger partial charge in [-0.1, -0.05) is 12.1 Å². The van der Waals surface area contributed by atoms with Crippen LogP contribution in [0.3, 0.4) is 0 Å². The number of nitrogens with zero attached hydrogens (tertiary/aromatic N) is 2. The van der Waals surface area contributed by atoms with Crippen molar-refractivity contribution in [3.05, 3.63) is 42.1 Å². The van der Waals surface area contributed by atoms with Crippen molar-refractivity contribution in [1.82, 2.24) is 4.98 Å². The van der Waals surface area contributed by atoms with Gasteiger partial charge in [-0.2, -0.15) is 0 Å². The molecule has 0 saturated heterocycles. The molecule has 1 aromatic heterocycles. The minimum absolute atomic E-state index is 0.640. The Morgan fingerprint density at radius 1 is 1.36 bits per heavy atom. The Morgan fingerprint density at radius 2 is 2.29 bits per heavy atom. The second kappa shape index (κ2) is 3.87. The van der Waals surface area contributed by atoms with Gasteiger partial charge in [0.25, 0.3) is 0 Å². The maximum absolute atomic E-state index is 8.30. The highest BCUT2D eigenvalue weighted by atomic mass is 16.4. The summed E-state index contributed by atoms with van der Waals surface area (Å²) in [7, 11) is 0. The lowest BCUT2D eigenvalue weighted by atomic mass is 10.1. The fraction of sp³-hybridized carbons (Fsp3) is 0.0909. The van der Waals surface area contributed by atoms with E-state index in [0.717, 1.165) is 16.5 Å². The van der Waals surface area contributed by atoms with E-state index in [4.69, 9.17) is 5.21 Å². The molecule has 2 rings (SSSR count). The monoisotopic (exact) mass is 186 g/mol. The molecule has 0 amide bonds. The van der Waals surface area contributed by atoms with Crippen LogP contribution in [0, 0.1) is 0 Å². The van der Waals surface area contributed by atoms with Gasteiger partial charge in [-0.25, -0.2) is 0 Å². The Labute approximate surface area is 81.7 Å². The molecule has 1 heterocycles. The van der Waals surface area contributed by atoms with Crippen molar-refractivity contribution in [1.29, 1.82) is 0 Å². The number of aromatic nitrogens is 1. The van der Waals surface area contributed by atoms with Gasteiger partial charge >= 0.3 is 0 Å². The highest BCUT2D eigenvalue weighted by molar-refractivity contribution is 5.79. The van der Waals surface area contributed by atoms with Crippen LogP contribution in [0.4, 0.5) is 0 Å². The van der Waals surface area contributed by atoms with Gasteiger partial charge in [-0.15, -0.1) is 5.16 Å². The molecule has 0 aliphatic heterocycles. The van der Waals surface area contributed by atoms with E-state index in [9.17, 15) is 0 Å². The molecule has 0 fully saturated rings. The summed E-state index contributed by atoms with van der Waals surface area (Å²) in [6.45, 7) is 0. The zero-order valence-corrected chi connectivity index (χ0v) is 7.59. The van der Waals surface area contributed by atoms with Crippen molar-refractivity contribution in [3.8, 4) is 0 Å². The van der Waals surface area contributed by atoms with Crippen LogP contribution in [0.25, 0.3) is 10.9 Å². The van der Waals surface area contributed by atoms with Crippen LogP contribution in [0.2, 0.25) is 0 Å². The summed E-state index contributed by atoms with van der Waals surface area (Å²) in [5.41, 5.74) is 2.10. The smallest absolute Gasteiger partial charge is 0.0702 e. The summed E-state index contributed by atoms with van der Waals surface area (Å²) in [5, 5.41) is 12.4. The molecule has 0 atom stereocenters. The number of fused-ring (bicyclic) bond motifs is 1. The van der Waals surface area contributed by atoms with E-state index in [1.165, 1.54) is 6.21 Å². The van der Waals surface area contributed by atoms with Gasteiger partial charge in [0.15, 0.2) is 0 Å². The zero-order chi connectivity index (χ0) is 9.80. The molecule has 0 unspecified atom stereocenters. The number of hydrogen-bond acceptors (Lipinski definition) is 3. The van der Waals surface area contributed by atoms with Gasteiger partial charge in [-0.05, 0) is 23.8 Å². The Kier molecular flexibility index (Phi) is 2.40. The average molecular weight is 186 g/mol. The predicted octanol–water partition coefficient (Wildman–Crippen LogP) is 2.24. The molecular weight excluding hydrogens is 176 g/mol. The summed E-state index contributed by atoms with van der Waals surface area (Å²) in [5.74, 6) is 0. The van der Waals surface area contributed by atoms with Crippen LogP contribution >= 0.6 is 0 Å². The molecule has 0 bridgehead atoms. The molecule has 14 heavy (non-hydrogen) atoms. The van der Waals surface area contributed by atoms with Crippen LogP contribution < -0.4 is 0 Å². The number of hydrogen-bond donors (Lipinski definition) is 1. The Balaban J connectivity index is 2.41. The molecule has 0 saturated carbocycles. The average Bonchev–Trinajstić information content (AvgIpc) is 2.26. The lowest BCUT2D eigenvalue weighted by Gasteiger charge is -1.99. The molecule has 0 spiro atoms. The first-order valence-corrected chi connectivity index (χ1v) is 4.40. The molecule has 0 aliphatic carbocycles. The topological polar surface area (TPSA) is 45.5 Å². The summed E-state index contributed by atoms with van der Waals surface area (Å²) < 4.78 is 0. The van der Waals surface area contributed by atoms with Gasteiger partial charge < -0.3 is 5.21 Å². The SMILES string of the molecule is O/N=C/Cc1ccc2ncccc2c1. The highest BCUT2D eigenvalue weighted by Gasteiger charge is 1.95. The Hall–Kier alpha value is -1.90. The maximum atomic E-state index is 8.30. The third-order valence-electron chi connectivity index (χ3n) is 2.08. The van der Waals surface area contributed by atoms with Crippen molar-refractivity contribution < 1.29 is 5.21 Å². The van der Waals surface area contributed by atoms with Crippen molar-refractivity contribution in [2.24, 2.45) is 5.16 Å². The van der Waals surface area contributed by atoms with Crippen LogP contribution in [0.1, 0.15) is 5.56 Å². The third kappa shape index (κ3) is 1.71. The van der Waals surface area contributed by atoms with Crippen LogP contribution in [-0.2, 0) is 6.42 Å². The summed E-state index contributed by atoms with van der Waals surface area (Å²) in [4.78, 5) is 4.22. The number of pyridine rings is 1. The number of oxime groups is 1. The van der Waals surface area contributed by atoms with Gasteiger partial charge in [0.1, 0.15) is 0 Å². The fourth-order valence-electron chi connectivity index (χ4n) is 1.40. The first-order valence-electron chi connectivity index (χ1n) is 4.40. The second-order valence-electron chi connectivity index (χ2n) is 3.03. The molecule has 1 N–H and O–H groups in total. The molecule has 3 nitrogen and oxygen atoms in total. The van der Waals surface area contributed by atoms with E-state index in [1.54, 1.807) is 6.20 Å². The minimum Gasteiger partial charge on any atom is -0.411 e. The fourth-order valence-corrected chi connectivity index (χ4v) is 1.40. The Morgan fingerprint density at radius 3 is 3.14 bits per heavy atom.